The minimum Gasteiger partial charge on any atom is -0.387 e. The fraction of sp³-hybridized carbons (Fsp3) is 0.435. The number of aromatic nitrogens is 4. The number of alkyl halides is 1. The summed E-state index contributed by atoms with van der Waals surface area (Å²) in [6.45, 7) is -9.65. The zero-order valence-corrected chi connectivity index (χ0v) is 24.9. The van der Waals surface area contributed by atoms with Crippen LogP contribution in [0.4, 0.5) is 10.2 Å². The summed E-state index contributed by atoms with van der Waals surface area (Å²) in [5, 5.41) is 10.9. The molecule has 3 aliphatic heterocycles. The molecule has 3 aromatic rings. The molecule has 1 aromatic carbocycles. The molecule has 19 heteroatoms. The molecular formula is C23H24FN5O9P2S2. The Morgan fingerprint density at radius 3 is 2.43 bits per heavy atom. The maximum atomic E-state index is 15.9. The van der Waals surface area contributed by atoms with Gasteiger partial charge in [-0.3, -0.25) is 22.7 Å². The van der Waals surface area contributed by atoms with Gasteiger partial charge < -0.3 is 20.3 Å². The molecule has 10 atom stereocenters. The van der Waals surface area contributed by atoms with Crippen LogP contribution in [0.2, 0.25) is 0 Å². The Morgan fingerprint density at radius 1 is 1.00 bits per heavy atom. The van der Waals surface area contributed by atoms with Gasteiger partial charge in [0.15, 0.2) is 23.9 Å². The van der Waals surface area contributed by atoms with Crippen LogP contribution in [0, 0.1) is 11.8 Å². The van der Waals surface area contributed by atoms with Crippen LogP contribution in [0.15, 0.2) is 43.0 Å². The summed E-state index contributed by atoms with van der Waals surface area (Å²) < 4.78 is 77.3. The molecular weight excluding hydrogens is 635 g/mol. The van der Waals surface area contributed by atoms with Gasteiger partial charge in [-0.25, -0.2) is 28.5 Å². The normalized spacial score (nSPS) is 39.0. The number of halogens is 1. The lowest BCUT2D eigenvalue weighted by molar-refractivity contribution is -0.0433. The molecule has 0 saturated carbocycles. The lowest BCUT2D eigenvalue weighted by Gasteiger charge is -2.24. The molecule has 3 unspecified atom stereocenters. The van der Waals surface area contributed by atoms with Gasteiger partial charge in [0.1, 0.15) is 48.5 Å². The van der Waals surface area contributed by atoms with Gasteiger partial charge in [-0.05, 0) is 12.1 Å². The van der Waals surface area contributed by atoms with E-state index >= 15 is 4.39 Å². The molecule has 0 aliphatic carbocycles. The van der Waals surface area contributed by atoms with Crippen molar-refractivity contribution in [3.05, 3.63) is 48.5 Å². The lowest BCUT2D eigenvalue weighted by Crippen LogP contribution is -2.35. The molecule has 42 heavy (non-hydrogen) atoms. The van der Waals surface area contributed by atoms with Gasteiger partial charge in [0.2, 0.25) is 0 Å². The van der Waals surface area contributed by atoms with Crippen molar-refractivity contribution in [1.82, 2.24) is 19.5 Å². The van der Waals surface area contributed by atoms with Crippen LogP contribution in [-0.2, 0) is 36.7 Å². The number of rotatable bonds is 1. The highest BCUT2D eigenvalue weighted by Crippen LogP contribution is 2.59. The third kappa shape index (κ3) is 6.12. The molecule has 3 N–H and O–H groups in total. The smallest absolute Gasteiger partial charge is 0.386 e. The van der Waals surface area contributed by atoms with Gasteiger partial charge in [0.05, 0.1) is 19.5 Å². The molecule has 3 aliphatic rings. The number of fused-ring (bicyclic) bond motifs is 4. The molecule has 2 bridgehead atoms. The van der Waals surface area contributed by atoms with Crippen LogP contribution in [0.5, 0.6) is 0 Å². The van der Waals surface area contributed by atoms with Crippen molar-refractivity contribution in [3.63, 3.8) is 0 Å². The third-order valence-corrected chi connectivity index (χ3v) is 9.94. The van der Waals surface area contributed by atoms with Crippen LogP contribution in [0.1, 0.15) is 11.8 Å². The first kappa shape index (κ1) is 30.0. The first-order chi connectivity index (χ1) is 20.0. The second-order valence-electron chi connectivity index (χ2n) is 9.48. The van der Waals surface area contributed by atoms with Crippen molar-refractivity contribution >= 4 is 55.1 Å². The second kappa shape index (κ2) is 11.8. The number of anilines is 1. The number of hydrogen-bond acceptors (Lipinski definition) is 13. The van der Waals surface area contributed by atoms with Gasteiger partial charge in [-0.15, -0.1) is 0 Å². The summed E-state index contributed by atoms with van der Waals surface area (Å²) in [6.07, 6.45) is -8.85. The highest BCUT2D eigenvalue weighted by molar-refractivity contribution is 8.44. The Balaban J connectivity index is 1.28. The molecule has 5 heterocycles. The van der Waals surface area contributed by atoms with Gasteiger partial charge in [-0.1, -0.05) is 54.5 Å². The summed E-state index contributed by atoms with van der Waals surface area (Å²) in [5.74, 6) is 5.80. The third-order valence-electron chi connectivity index (χ3n) is 6.71. The van der Waals surface area contributed by atoms with E-state index in [1.165, 1.54) is 17.2 Å². The van der Waals surface area contributed by atoms with E-state index in [9.17, 15) is 14.2 Å². The van der Waals surface area contributed by atoms with E-state index in [0.29, 0.717) is 5.56 Å². The van der Waals surface area contributed by atoms with E-state index in [4.69, 9.17) is 33.3 Å². The lowest BCUT2D eigenvalue weighted by atomic mass is 10.1. The molecule has 0 amide bonds. The first-order valence-electron chi connectivity index (χ1n) is 12.5. The second-order valence-corrected chi connectivity index (χ2v) is 15.2. The summed E-state index contributed by atoms with van der Waals surface area (Å²) >= 11 is 8.04. The Hall–Kier alpha value is -2.06. The number of aliphatic hydroxyl groups is 1. The zero-order chi connectivity index (χ0) is 29.6. The highest BCUT2D eigenvalue weighted by Gasteiger charge is 2.53. The quantitative estimate of drug-likeness (QED) is 0.170. The molecule has 0 radical (unpaired) electrons. The summed E-state index contributed by atoms with van der Waals surface area (Å²) in [5.41, 5.74) is 6.88. The number of hydrogen-bond donors (Lipinski definition) is 4. The van der Waals surface area contributed by atoms with Crippen molar-refractivity contribution in [3.8, 4) is 11.8 Å². The predicted octanol–water partition coefficient (Wildman–Crippen LogP) is 2.72. The number of benzene rings is 1. The Labute approximate surface area is 248 Å². The van der Waals surface area contributed by atoms with Gasteiger partial charge >= 0.3 is 13.6 Å². The maximum Gasteiger partial charge on any atom is 0.386 e. The van der Waals surface area contributed by atoms with E-state index in [0.717, 1.165) is 0 Å². The van der Waals surface area contributed by atoms with Crippen molar-refractivity contribution in [1.29, 1.82) is 0 Å². The number of imidazole rings is 1. The summed E-state index contributed by atoms with van der Waals surface area (Å²) in [4.78, 5) is 12.1. The van der Waals surface area contributed by atoms with E-state index < -0.39 is 75.8 Å². The van der Waals surface area contributed by atoms with Crippen LogP contribution in [-0.4, -0.2) is 80.6 Å². The average molecular weight is 660 g/mol. The topological polar surface area (TPSA) is 179 Å². The summed E-state index contributed by atoms with van der Waals surface area (Å²) in [7, 11) is 0. The number of nitrogen functional groups attached to an aromatic ring is 1. The van der Waals surface area contributed by atoms with Crippen LogP contribution >= 0.6 is 38.1 Å². The van der Waals surface area contributed by atoms with Crippen molar-refractivity contribution in [2.24, 2.45) is 0 Å². The average Bonchev–Trinajstić information content (AvgIpc) is 3.60. The standard InChI is InChI=1S/C23H24FN5O9P2S2/c24-16-19-15(36-23(16)29-11-28-17-21(25)26-10-27-22(17)29)9-34-40(32,42)38-20-13(7-6-12-4-2-1-3-5-12)35-14(18(20)30)8-33-39(31,41)37-19/h1-5,10-11,13-16,18-20,23,30H,8-9H2,(H,31,41)(H,32,42)(H2,25,26,27)/t13-,14+,15?,16+,18+,19+,20-,23+,39?,40?/m0/s1. The van der Waals surface area contributed by atoms with Gasteiger partial charge in [0, 0.05) is 5.56 Å². The molecule has 2 aromatic heterocycles. The molecule has 224 valence electrons. The SMILES string of the molecule is Nc1ncnc2c1ncn2[C@@H]1OC2COP(=O)(S)O[C@@H]3[C@H](O)[C@@H](COP(=O)(S)O[C@H]2[C@H]1F)O[C@H]3C#Cc1ccccc1. The van der Waals surface area contributed by atoms with Crippen LogP contribution in [0.25, 0.3) is 11.2 Å². The van der Waals surface area contributed by atoms with Gasteiger partial charge in [0.25, 0.3) is 0 Å². The molecule has 6 rings (SSSR count). The Kier molecular flexibility index (Phi) is 8.42. The van der Waals surface area contributed by atoms with Gasteiger partial charge in [-0.2, -0.15) is 0 Å². The Bertz CT molecular complexity index is 1630. The number of aliphatic hydroxyl groups excluding tert-OH is 1. The molecule has 0 spiro atoms. The molecule has 14 nitrogen and oxygen atoms in total. The monoisotopic (exact) mass is 659 g/mol. The highest BCUT2D eigenvalue weighted by atomic mass is 32.7. The van der Waals surface area contributed by atoms with Crippen molar-refractivity contribution in [2.75, 3.05) is 18.9 Å². The largest absolute Gasteiger partial charge is 0.387 e. The minimum atomic E-state index is -4.30. The minimum absolute atomic E-state index is 0.0708. The predicted molar refractivity (Wildman–Crippen MR) is 151 cm³/mol. The van der Waals surface area contributed by atoms with Crippen LogP contribution < -0.4 is 5.73 Å². The number of ether oxygens (including phenoxy) is 2. The van der Waals surface area contributed by atoms with Crippen molar-refractivity contribution < 1.29 is 46.2 Å². The number of thiol groups is 2. The van der Waals surface area contributed by atoms with Crippen LogP contribution in [0.3, 0.4) is 0 Å². The number of nitrogens with two attached hydrogens (primary N) is 1. The van der Waals surface area contributed by atoms with Crippen molar-refractivity contribution in [2.45, 2.75) is 49.0 Å². The molecule has 3 saturated heterocycles. The van der Waals surface area contributed by atoms with E-state index in [1.807, 2.05) is 6.07 Å². The van der Waals surface area contributed by atoms with E-state index in [2.05, 4.69) is 51.3 Å². The summed E-state index contributed by atoms with van der Waals surface area (Å²) in [6, 6.07) is 8.94. The fourth-order valence-electron chi connectivity index (χ4n) is 4.72. The zero-order valence-electron chi connectivity index (χ0n) is 21.3. The maximum absolute atomic E-state index is 15.9. The van der Waals surface area contributed by atoms with E-state index in [-0.39, 0.29) is 17.0 Å². The number of nitrogens with zero attached hydrogens (tertiary/aromatic N) is 4. The fourth-order valence-corrected chi connectivity index (χ4v) is 7.67. The van der Waals surface area contributed by atoms with E-state index in [1.54, 1.807) is 24.3 Å². The first-order valence-corrected chi connectivity index (χ1v) is 17.8. The Morgan fingerprint density at radius 2 is 1.69 bits per heavy atom. The molecule has 3 fully saturated rings.